The van der Waals surface area contributed by atoms with E-state index in [1.165, 1.54) is 0 Å². The number of hydrogen-bond acceptors (Lipinski definition) is 3. The highest BCUT2D eigenvalue weighted by atomic mass is 16.5. The number of ketones is 2. The van der Waals surface area contributed by atoms with Gasteiger partial charge >= 0.3 is 0 Å². The van der Waals surface area contributed by atoms with Crippen molar-refractivity contribution in [2.24, 2.45) is 0 Å². The summed E-state index contributed by atoms with van der Waals surface area (Å²) in [6.45, 7) is 0. The molecular formula is C17H11NO3. The summed E-state index contributed by atoms with van der Waals surface area (Å²) in [5.41, 5.74) is 2.47. The van der Waals surface area contributed by atoms with E-state index in [1.807, 2.05) is 6.07 Å². The third kappa shape index (κ3) is 1.50. The lowest BCUT2D eigenvalue weighted by Crippen LogP contribution is -2.20. The van der Waals surface area contributed by atoms with Gasteiger partial charge in [0.15, 0.2) is 5.78 Å². The first-order chi connectivity index (χ1) is 10.2. The maximum atomic E-state index is 12.7. The van der Waals surface area contributed by atoms with E-state index in [9.17, 15) is 9.59 Å². The number of ether oxygens (including phenoxy) is 1. The first-order valence-corrected chi connectivity index (χ1v) is 6.59. The smallest absolute Gasteiger partial charge is 0.210 e. The van der Waals surface area contributed by atoms with Crippen LogP contribution in [-0.2, 0) is 0 Å². The fourth-order valence-electron chi connectivity index (χ4n) is 2.85. The van der Waals surface area contributed by atoms with Gasteiger partial charge in [-0.1, -0.05) is 24.3 Å². The second-order valence-electron chi connectivity index (χ2n) is 4.99. The number of nitrogens with one attached hydrogen (secondary N) is 1. The van der Waals surface area contributed by atoms with Crippen LogP contribution in [-0.4, -0.2) is 23.7 Å². The summed E-state index contributed by atoms with van der Waals surface area (Å²) in [6.07, 6.45) is 0. The van der Waals surface area contributed by atoms with Crippen molar-refractivity contribution in [2.75, 3.05) is 7.11 Å². The zero-order valence-electron chi connectivity index (χ0n) is 11.3. The summed E-state index contributed by atoms with van der Waals surface area (Å²) >= 11 is 0. The van der Waals surface area contributed by atoms with Crippen LogP contribution in [0, 0.1) is 0 Å². The Labute approximate surface area is 120 Å². The highest BCUT2D eigenvalue weighted by Gasteiger charge is 2.32. The summed E-state index contributed by atoms with van der Waals surface area (Å²) in [5, 5.41) is 0.720. The third-order valence-corrected chi connectivity index (χ3v) is 3.88. The van der Waals surface area contributed by atoms with Crippen LogP contribution >= 0.6 is 0 Å². The molecule has 0 saturated heterocycles. The average Bonchev–Trinajstić information content (AvgIpc) is 2.91. The Bertz CT molecular complexity index is 921. The van der Waals surface area contributed by atoms with Crippen molar-refractivity contribution in [1.29, 1.82) is 0 Å². The quantitative estimate of drug-likeness (QED) is 0.582. The number of hydrogen-bond donors (Lipinski definition) is 1. The van der Waals surface area contributed by atoms with Gasteiger partial charge in [0.05, 0.1) is 18.4 Å². The van der Waals surface area contributed by atoms with Crippen molar-refractivity contribution in [1.82, 2.24) is 4.98 Å². The van der Waals surface area contributed by atoms with Crippen molar-refractivity contribution in [3.63, 3.8) is 0 Å². The SMILES string of the molecule is COc1ccc2[nH]c3c(c2c1)C(=O)c1ccccc1C3=O. The largest absolute Gasteiger partial charge is 0.497 e. The van der Waals surface area contributed by atoms with E-state index in [4.69, 9.17) is 4.74 Å². The lowest BCUT2D eigenvalue weighted by Gasteiger charge is -2.13. The summed E-state index contributed by atoms with van der Waals surface area (Å²) < 4.78 is 5.20. The molecule has 4 rings (SSSR count). The second-order valence-corrected chi connectivity index (χ2v) is 4.99. The molecule has 0 saturated carbocycles. The number of rotatable bonds is 1. The van der Waals surface area contributed by atoms with Gasteiger partial charge in [0.25, 0.3) is 0 Å². The summed E-state index contributed by atoms with van der Waals surface area (Å²) in [5.74, 6) is 0.387. The van der Waals surface area contributed by atoms with Gasteiger partial charge in [0.2, 0.25) is 5.78 Å². The van der Waals surface area contributed by atoms with Gasteiger partial charge in [0, 0.05) is 22.0 Å². The molecule has 1 aliphatic carbocycles. The molecule has 0 amide bonds. The number of aromatic nitrogens is 1. The number of H-pyrrole nitrogens is 1. The van der Waals surface area contributed by atoms with Crippen molar-refractivity contribution in [3.8, 4) is 5.75 Å². The summed E-state index contributed by atoms with van der Waals surface area (Å²) in [7, 11) is 1.57. The normalized spacial score (nSPS) is 13.2. The molecular weight excluding hydrogens is 266 g/mol. The zero-order valence-corrected chi connectivity index (χ0v) is 11.3. The predicted octanol–water partition coefficient (Wildman–Crippen LogP) is 2.95. The topological polar surface area (TPSA) is 59.2 Å². The van der Waals surface area contributed by atoms with Gasteiger partial charge in [0.1, 0.15) is 5.75 Å². The minimum Gasteiger partial charge on any atom is -0.497 e. The number of methoxy groups -OCH3 is 1. The lowest BCUT2D eigenvalue weighted by atomic mass is 9.87. The molecule has 1 heterocycles. The number of fused-ring (bicyclic) bond motifs is 4. The molecule has 0 unspecified atom stereocenters. The highest BCUT2D eigenvalue weighted by Crippen LogP contribution is 2.34. The van der Waals surface area contributed by atoms with E-state index in [1.54, 1.807) is 43.5 Å². The Kier molecular flexibility index (Phi) is 2.30. The van der Waals surface area contributed by atoms with Crippen molar-refractivity contribution >= 4 is 22.5 Å². The first-order valence-electron chi connectivity index (χ1n) is 6.59. The van der Waals surface area contributed by atoms with E-state index in [0.717, 1.165) is 10.9 Å². The van der Waals surface area contributed by atoms with Crippen LogP contribution in [0.5, 0.6) is 5.75 Å². The van der Waals surface area contributed by atoms with Gasteiger partial charge in [-0.2, -0.15) is 0 Å². The molecule has 2 aromatic carbocycles. The maximum absolute atomic E-state index is 12.7. The van der Waals surface area contributed by atoms with Crippen molar-refractivity contribution in [2.45, 2.75) is 0 Å². The molecule has 0 radical (unpaired) electrons. The zero-order chi connectivity index (χ0) is 14.6. The average molecular weight is 277 g/mol. The van der Waals surface area contributed by atoms with Crippen LogP contribution < -0.4 is 4.74 Å². The number of carbonyl (C=O) groups excluding carboxylic acids is 2. The minimum atomic E-state index is -0.143. The first kappa shape index (κ1) is 11.9. The fraction of sp³-hybridized carbons (Fsp3) is 0.0588. The van der Waals surface area contributed by atoms with Gasteiger partial charge in [-0.3, -0.25) is 9.59 Å². The molecule has 102 valence electrons. The summed E-state index contributed by atoms with van der Waals surface area (Å²) in [6, 6.07) is 12.3. The van der Waals surface area contributed by atoms with Gasteiger partial charge < -0.3 is 9.72 Å². The Morgan fingerprint density at radius 1 is 0.952 bits per heavy atom. The Balaban J connectivity index is 2.07. The standard InChI is InChI=1S/C17H11NO3/c1-21-9-6-7-13-12(8-9)14-15(18-13)17(20)11-5-3-2-4-10(11)16(14)19/h2-8,18H,1H3. The predicted molar refractivity (Wildman–Crippen MR) is 78.2 cm³/mol. The second kappa shape index (κ2) is 4.06. The van der Waals surface area contributed by atoms with Crippen LogP contribution in [0.1, 0.15) is 32.0 Å². The van der Waals surface area contributed by atoms with Gasteiger partial charge in [-0.25, -0.2) is 0 Å². The highest BCUT2D eigenvalue weighted by molar-refractivity contribution is 6.32. The summed E-state index contributed by atoms with van der Waals surface area (Å²) in [4.78, 5) is 28.3. The van der Waals surface area contributed by atoms with E-state index >= 15 is 0 Å². The number of aromatic amines is 1. The van der Waals surface area contributed by atoms with Crippen LogP contribution in [0.25, 0.3) is 10.9 Å². The minimum absolute atomic E-state index is 0.125. The Hall–Kier alpha value is -2.88. The molecule has 21 heavy (non-hydrogen) atoms. The van der Waals surface area contributed by atoms with Crippen molar-refractivity contribution < 1.29 is 14.3 Å². The lowest BCUT2D eigenvalue weighted by molar-refractivity contribution is 0.0978. The van der Waals surface area contributed by atoms with Crippen LogP contribution in [0.4, 0.5) is 0 Å². The monoisotopic (exact) mass is 277 g/mol. The van der Waals surface area contributed by atoms with Crippen LogP contribution in [0.3, 0.4) is 0 Å². The molecule has 0 atom stereocenters. The number of carbonyl (C=O) groups is 2. The van der Waals surface area contributed by atoms with E-state index in [2.05, 4.69) is 4.98 Å². The molecule has 1 aliphatic rings. The third-order valence-electron chi connectivity index (χ3n) is 3.88. The molecule has 4 nitrogen and oxygen atoms in total. The molecule has 0 aliphatic heterocycles. The maximum Gasteiger partial charge on any atom is 0.210 e. The van der Waals surface area contributed by atoms with Crippen LogP contribution in [0.2, 0.25) is 0 Å². The van der Waals surface area contributed by atoms with Gasteiger partial charge in [-0.15, -0.1) is 0 Å². The van der Waals surface area contributed by atoms with Crippen LogP contribution in [0.15, 0.2) is 42.5 Å². The molecule has 1 aromatic heterocycles. The molecule has 1 N–H and O–H groups in total. The van der Waals surface area contributed by atoms with Crippen molar-refractivity contribution in [3.05, 3.63) is 64.8 Å². The number of benzene rings is 2. The molecule has 0 spiro atoms. The Morgan fingerprint density at radius 2 is 1.67 bits per heavy atom. The molecule has 0 fully saturated rings. The fourth-order valence-corrected chi connectivity index (χ4v) is 2.85. The molecule has 4 heteroatoms. The molecule has 0 bridgehead atoms. The van der Waals surface area contributed by atoms with E-state index < -0.39 is 0 Å². The van der Waals surface area contributed by atoms with E-state index in [-0.39, 0.29) is 11.6 Å². The Morgan fingerprint density at radius 3 is 2.38 bits per heavy atom. The molecule has 3 aromatic rings. The van der Waals surface area contributed by atoms with Gasteiger partial charge in [-0.05, 0) is 18.2 Å². The van der Waals surface area contributed by atoms with E-state index in [0.29, 0.717) is 28.1 Å².